The lowest BCUT2D eigenvalue weighted by Crippen LogP contribution is -2.01. The fourth-order valence-corrected chi connectivity index (χ4v) is 1.33. The van der Waals surface area contributed by atoms with Gasteiger partial charge in [0.2, 0.25) is 0 Å². The Morgan fingerprint density at radius 3 is 3.00 bits per heavy atom. The predicted octanol–water partition coefficient (Wildman–Crippen LogP) is 3.02. The quantitative estimate of drug-likeness (QED) is 0.630. The van der Waals surface area contributed by atoms with E-state index in [-0.39, 0.29) is 0 Å². The molecule has 0 heterocycles. The third-order valence-electron chi connectivity index (χ3n) is 1.66. The molecule has 1 aromatic rings. The van der Waals surface area contributed by atoms with Crippen LogP contribution in [0.25, 0.3) is 0 Å². The summed E-state index contributed by atoms with van der Waals surface area (Å²) in [5.74, 6) is 0. The molecule has 70 valence electrons. The Bertz CT molecular complexity index is 308. The van der Waals surface area contributed by atoms with Crippen molar-refractivity contribution in [3.05, 3.63) is 34.8 Å². The van der Waals surface area contributed by atoms with E-state index in [0.29, 0.717) is 0 Å². The summed E-state index contributed by atoms with van der Waals surface area (Å²) in [7, 11) is 0. The summed E-state index contributed by atoms with van der Waals surface area (Å²) in [6.07, 6.45) is 4.04. The van der Waals surface area contributed by atoms with Crippen LogP contribution in [0.2, 0.25) is 0 Å². The first-order chi connectivity index (χ1) is 6.24. The van der Waals surface area contributed by atoms with Crippen molar-refractivity contribution < 1.29 is 0 Å². The summed E-state index contributed by atoms with van der Waals surface area (Å²) < 4.78 is 1.03. The molecule has 1 rings (SSSR count). The van der Waals surface area contributed by atoms with E-state index in [0.717, 1.165) is 22.4 Å². The van der Waals surface area contributed by atoms with Gasteiger partial charge in [-0.25, -0.2) is 0 Å². The first kappa shape index (κ1) is 10.1. The second kappa shape index (κ2) is 4.92. The SMILES string of the molecule is C/C=C/CNc1cc(Br)ccc1N. The van der Waals surface area contributed by atoms with Gasteiger partial charge in [-0.05, 0) is 25.1 Å². The zero-order valence-electron chi connectivity index (χ0n) is 7.55. The van der Waals surface area contributed by atoms with Gasteiger partial charge in [0.15, 0.2) is 0 Å². The molecule has 0 fully saturated rings. The second-order valence-electron chi connectivity index (χ2n) is 2.68. The molecule has 0 unspecified atom stereocenters. The average molecular weight is 241 g/mol. The number of halogens is 1. The summed E-state index contributed by atoms with van der Waals surface area (Å²) in [5.41, 5.74) is 7.50. The van der Waals surface area contributed by atoms with Crippen LogP contribution in [0.15, 0.2) is 34.8 Å². The van der Waals surface area contributed by atoms with Crippen molar-refractivity contribution >= 4 is 27.3 Å². The summed E-state index contributed by atoms with van der Waals surface area (Å²) >= 11 is 3.39. The van der Waals surface area contributed by atoms with Gasteiger partial charge in [0.25, 0.3) is 0 Å². The predicted molar refractivity (Wildman–Crippen MR) is 61.9 cm³/mol. The number of benzene rings is 1. The maximum absolute atomic E-state index is 5.76. The molecule has 0 spiro atoms. The highest BCUT2D eigenvalue weighted by molar-refractivity contribution is 9.10. The Hall–Kier alpha value is -0.960. The van der Waals surface area contributed by atoms with Gasteiger partial charge in [-0.2, -0.15) is 0 Å². The zero-order valence-corrected chi connectivity index (χ0v) is 9.14. The number of nitrogens with one attached hydrogen (secondary N) is 1. The third kappa shape index (κ3) is 3.11. The lowest BCUT2D eigenvalue weighted by molar-refractivity contribution is 1.32. The first-order valence-electron chi connectivity index (χ1n) is 4.14. The van der Waals surface area contributed by atoms with Gasteiger partial charge < -0.3 is 11.1 Å². The minimum absolute atomic E-state index is 0.771. The van der Waals surface area contributed by atoms with Gasteiger partial charge in [0, 0.05) is 11.0 Å². The molecular formula is C10H13BrN2. The maximum atomic E-state index is 5.76. The summed E-state index contributed by atoms with van der Waals surface area (Å²) in [5, 5.41) is 3.21. The Morgan fingerprint density at radius 2 is 2.31 bits per heavy atom. The molecule has 0 aliphatic heterocycles. The Balaban J connectivity index is 2.69. The van der Waals surface area contributed by atoms with Crippen molar-refractivity contribution in [3.8, 4) is 0 Å². The van der Waals surface area contributed by atoms with Crippen molar-refractivity contribution in [2.45, 2.75) is 6.92 Å². The molecule has 3 N–H and O–H groups in total. The molecule has 0 aliphatic rings. The van der Waals surface area contributed by atoms with E-state index in [1.165, 1.54) is 0 Å². The standard InChI is InChI=1S/C10H13BrN2/c1-2-3-6-13-10-7-8(11)4-5-9(10)12/h2-5,7,13H,6,12H2,1H3/b3-2+. The van der Waals surface area contributed by atoms with Crippen LogP contribution in [-0.2, 0) is 0 Å². The highest BCUT2D eigenvalue weighted by Crippen LogP contribution is 2.22. The lowest BCUT2D eigenvalue weighted by Gasteiger charge is -2.07. The summed E-state index contributed by atoms with van der Waals surface area (Å²) in [4.78, 5) is 0. The van der Waals surface area contributed by atoms with E-state index in [1.807, 2.05) is 37.3 Å². The van der Waals surface area contributed by atoms with Crippen molar-refractivity contribution in [2.75, 3.05) is 17.6 Å². The van der Waals surface area contributed by atoms with E-state index in [9.17, 15) is 0 Å². The van der Waals surface area contributed by atoms with Crippen LogP contribution < -0.4 is 11.1 Å². The number of hydrogen-bond donors (Lipinski definition) is 2. The lowest BCUT2D eigenvalue weighted by atomic mass is 10.2. The van der Waals surface area contributed by atoms with Gasteiger partial charge in [-0.1, -0.05) is 28.1 Å². The van der Waals surface area contributed by atoms with Crippen LogP contribution in [0.3, 0.4) is 0 Å². The highest BCUT2D eigenvalue weighted by atomic mass is 79.9. The van der Waals surface area contributed by atoms with Gasteiger partial charge in [-0.15, -0.1) is 0 Å². The van der Waals surface area contributed by atoms with Gasteiger partial charge in [0.05, 0.1) is 11.4 Å². The largest absolute Gasteiger partial charge is 0.397 e. The maximum Gasteiger partial charge on any atom is 0.0587 e. The Kier molecular flexibility index (Phi) is 3.83. The van der Waals surface area contributed by atoms with Crippen LogP contribution >= 0.6 is 15.9 Å². The number of nitrogens with two attached hydrogens (primary N) is 1. The molecule has 0 bridgehead atoms. The molecule has 13 heavy (non-hydrogen) atoms. The first-order valence-corrected chi connectivity index (χ1v) is 4.93. The van der Waals surface area contributed by atoms with E-state index in [1.54, 1.807) is 0 Å². The van der Waals surface area contributed by atoms with Crippen LogP contribution in [0.4, 0.5) is 11.4 Å². The number of hydrogen-bond acceptors (Lipinski definition) is 2. The van der Waals surface area contributed by atoms with E-state index >= 15 is 0 Å². The van der Waals surface area contributed by atoms with Crippen LogP contribution in [0.5, 0.6) is 0 Å². The minimum atomic E-state index is 0.771. The summed E-state index contributed by atoms with van der Waals surface area (Å²) in [6.45, 7) is 2.79. The van der Waals surface area contributed by atoms with Gasteiger partial charge in [0.1, 0.15) is 0 Å². The van der Waals surface area contributed by atoms with Gasteiger partial charge in [-0.3, -0.25) is 0 Å². The van der Waals surface area contributed by atoms with Crippen molar-refractivity contribution in [3.63, 3.8) is 0 Å². The fraction of sp³-hybridized carbons (Fsp3) is 0.200. The number of nitrogen functional groups attached to an aromatic ring is 1. The smallest absolute Gasteiger partial charge is 0.0587 e. The molecule has 3 heteroatoms. The van der Waals surface area contributed by atoms with Crippen LogP contribution in [-0.4, -0.2) is 6.54 Å². The van der Waals surface area contributed by atoms with E-state index < -0.39 is 0 Å². The monoisotopic (exact) mass is 240 g/mol. The highest BCUT2D eigenvalue weighted by Gasteiger charge is 1.96. The van der Waals surface area contributed by atoms with E-state index in [2.05, 4.69) is 21.2 Å². The molecule has 0 atom stereocenters. The molecule has 0 saturated heterocycles. The number of rotatable bonds is 3. The fourth-order valence-electron chi connectivity index (χ4n) is 0.968. The molecule has 0 amide bonds. The van der Waals surface area contributed by atoms with Crippen molar-refractivity contribution in [2.24, 2.45) is 0 Å². The number of allylic oxidation sites excluding steroid dienone is 1. The molecule has 0 aliphatic carbocycles. The van der Waals surface area contributed by atoms with Gasteiger partial charge >= 0.3 is 0 Å². The normalized spacial score (nSPS) is 10.6. The summed E-state index contributed by atoms with van der Waals surface area (Å²) in [6, 6.07) is 5.77. The Morgan fingerprint density at radius 1 is 1.54 bits per heavy atom. The Labute approximate surface area is 87.0 Å². The van der Waals surface area contributed by atoms with Crippen molar-refractivity contribution in [1.29, 1.82) is 0 Å². The molecule has 2 nitrogen and oxygen atoms in total. The van der Waals surface area contributed by atoms with E-state index in [4.69, 9.17) is 5.73 Å². The van der Waals surface area contributed by atoms with Crippen LogP contribution in [0.1, 0.15) is 6.92 Å². The topological polar surface area (TPSA) is 38.0 Å². The molecule has 0 saturated carbocycles. The minimum Gasteiger partial charge on any atom is -0.397 e. The second-order valence-corrected chi connectivity index (χ2v) is 3.60. The van der Waals surface area contributed by atoms with Crippen LogP contribution in [0, 0.1) is 0 Å². The van der Waals surface area contributed by atoms with Crippen molar-refractivity contribution in [1.82, 2.24) is 0 Å². The average Bonchev–Trinajstić information content (AvgIpc) is 2.11. The molecule has 0 aromatic heterocycles. The zero-order chi connectivity index (χ0) is 9.68. The molecule has 0 radical (unpaired) electrons. The molecular weight excluding hydrogens is 228 g/mol. The third-order valence-corrected chi connectivity index (χ3v) is 2.15. The number of anilines is 2. The molecule has 1 aromatic carbocycles.